The lowest BCUT2D eigenvalue weighted by Gasteiger charge is -2.31. The quantitative estimate of drug-likeness (QED) is 0.752. The molecule has 2 rings (SSSR count). The van der Waals surface area contributed by atoms with Crippen LogP contribution in [0.4, 0.5) is 5.82 Å². The molecule has 0 saturated carbocycles. The fraction of sp³-hybridized carbons (Fsp3) is 0.500. The van der Waals surface area contributed by atoms with E-state index in [1.165, 1.54) is 0 Å². The molecular formula is C12H14ClN3. The SMILES string of the molecule is CC1CCN(c2nccc(C#N)c2Cl)CC1. The molecule has 0 spiro atoms. The van der Waals surface area contributed by atoms with Crippen LogP contribution in [0, 0.1) is 17.2 Å². The number of rotatable bonds is 1. The van der Waals surface area contributed by atoms with Gasteiger partial charge in [-0.3, -0.25) is 0 Å². The number of nitrogens with zero attached hydrogens (tertiary/aromatic N) is 3. The Morgan fingerprint density at radius 2 is 2.19 bits per heavy atom. The summed E-state index contributed by atoms with van der Waals surface area (Å²) in [7, 11) is 0. The van der Waals surface area contributed by atoms with Gasteiger partial charge in [-0.15, -0.1) is 0 Å². The number of pyridine rings is 1. The number of piperidine rings is 1. The van der Waals surface area contributed by atoms with E-state index in [4.69, 9.17) is 16.9 Å². The molecule has 0 amide bonds. The normalized spacial score (nSPS) is 17.2. The topological polar surface area (TPSA) is 39.9 Å². The second kappa shape index (κ2) is 4.71. The summed E-state index contributed by atoms with van der Waals surface area (Å²) in [5, 5.41) is 9.39. The molecule has 2 heterocycles. The minimum Gasteiger partial charge on any atom is -0.355 e. The van der Waals surface area contributed by atoms with E-state index >= 15 is 0 Å². The third-order valence-electron chi connectivity index (χ3n) is 3.07. The summed E-state index contributed by atoms with van der Waals surface area (Å²) < 4.78 is 0. The molecule has 1 aliphatic heterocycles. The van der Waals surface area contributed by atoms with Gasteiger partial charge in [0, 0.05) is 19.3 Å². The molecule has 0 aromatic carbocycles. The van der Waals surface area contributed by atoms with Crippen LogP contribution >= 0.6 is 11.6 Å². The number of hydrogen-bond acceptors (Lipinski definition) is 3. The Hall–Kier alpha value is -1.27. The maximum atomic E-state index is 8.90. The zero-order valence-electron chi connectivity index (χ0n) is 9.28. The molecule has 0 N–H and O–H groups in total. The van der Waals surface area contributed by atoms with Crippen molar-refractivity contribution in [3.63, 3.8) is 0 Å². The summed E-state index contributed by atoms with van der Waals surface area (Å²) in [5.41, 5.74) is 0.505. The monoisotopic (exact) mass is 235 g/mol. The van der Waals surface area contributed by atoms with Crippen LogP contribution in [-0.4, -0.2) is 18.1 Å². The lowest BCUT2D eigenvalue weighted by molar-refractivity contribution is 0.436. The maximum absolute atomic E-state index is 8.90. The first-order chi connectivity index (χ1) is 7.72. The first-order valence-corrected chi connectivity index (χ1v) is 5.89. The van der Waals surface area contributed by atoms with Crippen LogP contribution in [0.2, 0.25) is 5.02 Å². The predicted molar refractivity (Wildman–Crippen MR) is 64.6 cm³/mol. The highest BCUT2D eigenvalue weighted by Gasteiger charge is 2.20. The molecule has 16 heavy (non-hydrogen) atoms. The van der Waals surface area contributed by atoms with Crippen molar-refractivity contribution in [3.8, 4) is 6.07 Å². The lowest BCUT2D eigenvalue weighted by atomic mass is 9.99. The molecule has 1 saturated heterocycles. The van der Waals surface area contributed by atoms with Crippen molar-refractivity contribution in [2.45, 2.75) is 19.8 Å². The molecule has 1 fully saturated rings. The average Bonchev–Trinajstić information content (AvgIpc) is 2.31. The van der Waals surface area contributed by atoms with E-state index in [1.807, 2.05) is 0 Å². The Balaban J connectivity index is 2.24. The van der Waals surface area contributed by atoms with E-state index in [1.54, 1.807) is 12.3 Å². The number of aromatic nitrogens is 1. The Morgan fingerprint density at radius 1 is 1.50 bits per heavy atom. The maximum Gasteiger partial charge on any atom is 0.148 e. The Kier molecular flexibility index (Phi) is 3.31. The molecule has 0 unspecified atom stereocenters. The summed E-state index contributed by atoms with van der Waals surface area (Å²) in [6, 6.07) is 3.74. The van der Waals surface area contributed by atoms with Crippen molar-refractivity contribution in [2.75, 3.05) is 18.0 Å². The largest absolute Gasteiger partial charge is 0.355 e. The second-order valence-electron chi connectivity index (χ2n) is 4.28. The summed E-state index contributed by atoms with van der Waals surface area (Å²) in [5.74, 6) is 1.53. The van der Waals surface area contributed by atoms with Gasteiger partial charge in [0.2, 0.25) is 0 Å². The van der Waals surface area contributed by atoms with Gasteiger partial charge < -0.3 is 4.90 Å². The molecule has 0 atom stereocenters. The fourth-order valence-corrected chi connectivity index (χ4v) is 2.23. The van der Waals surface area contributed by atoms with Crippen molar-refractivity contribution in [1.29, 1.82) is 5.26 Å². The van der Waals surface area contributed by atoms with E-state index in [0.29, 0.717) is 10.6 Å². The van der Waals surface area contributed by atoms with Gasteiger partial charge in [0.05, 0.1) is 5.56 Å². The highest BCUT2D eigenvalue weighted by Crippen LogP contribution is 2.29. The van der Waals surface area contributed by atoms with Gasteiger partial charge in [0.25, 0.3) is 0 Å². The van der Waals surface area contributed by atoms with E-state index in [0.717, 1.165) is 37.7 Å². The zero-order valence-corrected chi connectivity index (χ0v) is 10.0. The standard InChI is InChI=1S/C12H14ClN3/c1-9-3-6-16(7-4-9)12-11(13)10(8-14)2-5-15-12/h2,5,9H,3-4,6-7H2,1H3. The van der Waals surface area contributed by atoms with Gasteiger partial charge in [0.1, 0.15) is 16.9 Å². The summed E-state index contributed by atoms with van der Waals surface area (Å²) in [4.78, 5) is 6.45. The molecule has 0 bridgehead atoms. The molecule has 3 nitrogen and oxygen atoms in total. The highest BCUT2D eigenvalue weighted by molar-refractivity contribution is 6.34. The van der Waals surface area contributed by atoms with Crippen LogP contribution in [-0.2, 0) is 0 Å². The molecule has 4 heteroatoms. The van der Waals surface area contributed by atoms with Crippen molar-refractivity contribution >= 4 is 17.4 Å². The predicted octanol–water partition coefficient (Wildman–Crippen LogP) is 2.84. The molecule has 0 aliphatic carbocycles. The highest BCUT2D eigenvalue weighted by atomic mass is 35.5. The van der Waals surface area contributed by atoms with Crippen molar-refractivity contribution in [1.82, 2.24) is 4.98 Å². The first-order valence-electron chi connectivity index (χ1n) is 5.52. The number of anilines is 1. The Bertz CT molecular complexity index is 417. The molecule has 1 aliphatic rings. The molecular weight excluding hydrogens is 222 g/mol. The summed E-state index contributed by atoms with van der Waals surface area (Å²) in [6.45, 7) is 4.21. The molecule has 1 aromatic heterocycles. The van der Waals surface area contributed by atoms with E-state index < -0.39 is 0 Å². The van der Waals surface area contributed by atoms with Gasteiger partial charge in [-0.2, -0.15) is 5.26 Å². The van der Waals surface area contributed by atoms with Crippen LogP contribution in [0.15, 0.2) is 12.3 Å². The van der Waals surface area contributed by atoms with Crippen molar-refractivity contribution in [3.05, 3.63) is 22.8 Å². The average molecular weight is 236 g/mol. The lowest BCUT2D eigenvalue weighted by Crippen LogP contribution is -2.33. The van der Waals surface area contributed by atoms with Crippen LogP contribution in [0.3, 0.4) is 0 Å². The van der Waals surface area contributed by atoms with Gasteiger partial charge in [-0.05, 0) is 24.8 Å². The minimum absolute atomic E-state index is 0.486. The summed E-state index contributed by atoms with van der Waals surface area (Å²) >= 11 is 6.15. The summed E-state index contributed by atoms with van der Waals surface area (Å²) in [6.07, 6.45) is 3.97. The van der Waals surface area contributed by atoms with E-state index in [-0.39, 0.29) is 0 Å². The second-order valence-corrected chi connectivity index (χ2v) is 4.66. The first kappa shape index (κ1) is 11.2. The van der Waals surface area contributed by atoms with E-state index in [9.17, 15) is 0 Å². The van der Waals surface area contributed by atoms with Crippen LogP contribution in [0.5, 0.6) is 0 Å². The molecule has 1 aromatic rings. The minimum atomic E-state index is 0.486. The Morgan fingerprint density at radius 3 is 2.81 bits per heavy atom. The fourth-order valence-electron chi connectivity index (χ4n) is 1.96. The smallest absolute Gasteiger partial charge is 0.148 e. The van der Waals surface area contributed by atoms with Gasteiger partial charge >= 0.3 is 0 Å². The van der Waals surface area contributed by atoms with Gasteiger partial charge in [0.15, 0.2) is 0 Å². The van der Waals surface area contributed by atoms with Crippen LogP contribution in [0.25, 0.3) is 0 Å². The van der Waals surface area contributed by atoms with Crippen LogP contribution < -0.4 is 4.90 Å². The third kappa shape index (κ3) is 2.12. The Labute approximate surface area is 101 Å². The number of hydrogen-bond donors (Lipinski definition) is 0. The number of halogens is 1. The van der Waals surface area contributed by atoms with Crippen molar-refractivity contribution < 1.29 is 0 Å². The zero-order chi connectivity index (χ0) is 11.5. The van der Waals surface area contributed by atoms with Gasteiger partial charge in [-0.1, -0.05) is 18.5 Å². The van der Waals surface area contributed by atoms with Gasteiger partial charge in [-0.25, -0.2) is 4.98 Å². The third-order valence-corrected chi connectivity index (χ3v) is 3.45. The van der Waals surface area contributed by atoms with E-state index in [2.05, 4.69) is 22.9 Å². The molecule has 0 radical (unpaired) electrons. The van der Waals surface area contributed by atoms with Crippen LogP contribution in [0.1, 0.15) is 25.3 Å². The molecule has 84 valence electrons. The number of nitriles is 1. The van der Waals surface area contributed by atoms with Crippen molar-refractivity contribution in [2.24, 2.45) is 5.92 Å².